The van der Waals surface area contributed by atoms with Gasteiger partial charge in [0.2, 0.25) is 0 Å². The van der Waals surface area contributed by atoms with Crippen molar-refractivity contribution in [1.82, 2.24) is 9.91 Å². The van der Waals surface area contributed by atoms with Gasteiger partial charge in [-0.2, -0.15) is 5.10 Å². The molecule has 1 aliphatic heterocycles. The van der Waals surface area contributed by atoms with E-state index in [-0.39, 0.29) is 0 Å². The van der Waals surface area contributed by atoms with Crippen LogP contribution in [0.15, 0.2) is 5.10 Å². The van der Waals surface area contributed by atoms with Crippen LogP contribution in [0.25, 0.3) is 0 Å². The Balaban J connectivity index is 2.14. The van der Waals surface area contributed by atoms with Gasteiger partial charge in [0.25, 0.3) is 0 Å². The van der Waals surface area contributed by atoms with Crippen LogP contribution in [0.2, 0.25) is 0 Å². The molecule has 3 heteroatoms. The van der Waals surface area contributed by atoms with Crippen LogP contribution in [0, 0.1) is 0 Å². The van der Waals surface area contributed by atoms with Crippen LogP contribution in [-0.2, 0) is 0 Å². The Bertz CT molecular complexity index is 145. The molecule has 0 bridgehead atoms. The fraction of sp³-hybridized carbons (Fsp3) is 0.889. The molecule has 1 aliphatic rings. The normalized spacial score (nSPS) is 16.2. The molecule has 1 heterocycles. The summed E-state index contributed by atoms with van der Waals surface area (Å²) in [4.78, 5) is 2.28. The molecule has 0 aliphatic carbocycles. The van der Waals surface area contributed by atoms with Crippen molar-refractivity contribution >= 4 is 6.34 Å². The van der Waals surface area contributed by atoms with Gasteiger partial charge in [-0.25, -0.2) is 0 Å². The van der Waals surface area contributed by atoms with Gasteiger partial charge < -0.3 is 4.90 Å². The molecule has 0 aromatic rings. The number of hydrazone groups is 1. The van der Waals surface area contributed by atoms with Gasteiger partial charge in [0.15, 0.2) is 0 Å². The molecule has 0 unspecified atom stereocenters. The molecule has 0 aromatic heterocycles. The van der Waals surface area contributed by atoms with E-state index < -0.39 is 0 Å². The van der Waals surface area contributed by atoms with Gasteiger partial charge in [0.05, 0.1) is 0 Å². The zero-order chi connectivity index (χ0) is 8.81. The molecular weight excluding hydrogens is 150 g/mol. The molecule has 0 radical (unpaired) electrons. The van der Waals surface area contributed by atoms with Crippen molar-refractivity contribution < 1.29 is 0 Å². The van der Waals surface area contributed by atoms with Gasteiger partial charge in [-0.05, 0) is 12.8 Å². The van der Waals surface area contributed by atoms with Gasteiger partial charge in [-0.15, -0.1) is 0 Å². The van der Waals surface area contributed by atoms with Crippen LogP contribution in [0.5, 0.6) is 0 Å². The van der Waals surface area contributed by atoms with Gasteiger partial charge in [0, 0.05) is 13.1 Å². The molecule has 0 fully saturated rings. The summed E-state index contributed by atoms with van der Waals surface area (Å²) in [5.74, 6) is 0. The second-order valence-corrected chi connectivity index (χ2v) is 3.27. The first kappa shape index (κ1) is 9.36. The summed E-state index contributed by atoms with van der Waals surface area (Å²) < 4.78 is 0. The molecular formula is C9H19N3. The first-order chi connectivity index (χ1) is 5.86. The van der Waals surface area contributed by atoms with E-state index in [1.54, 1.807) is 0 Å². The fourth-order valence-corrected chi connectivity index (χ4v) is 1.30. The summed E-state index contributed by atoms with van der Waals surface area (Å²) in [5, 5.41) is 6.41. The second-order valence-electron chi connectivity index (χ2n) is 3.27. The average molecular weight is 169 g/mol. The van der Waals surface area contributed by atoms with E-state index in [4.69, 9.17) is 0 Å². The maximum Gasteiger partial charge on any atom is 0.113 e. The summed E-state index contributed by atoms with van der Waals surface area (Å²) in [7, 11) is 0. The smallest absolute Gasteiger partial charge is 0.113 e. The summed E-state index contributed by atoms with van der Waals surface area (Å²) in [6.45, 7) is 7.63. The van der Waals surface area contributed by atoms with E-state index in [1.807, 2.05) is 6.34 Å². The van der Waals surface area contributed by atoms with Crippen LogP contribution in [0.3, 0.4) is 0 Å². The van der Waals surface area contributed by atoms with Crippen LogP contribution in [0.1, 0.15) is 33.1 Å². The maximum atomic E-state index is 4.29. The third kappa shape index (κ3) is 2.72. The lowest BCUT2D eigenvalue weighted by Gasteiger charge is -2.17. The maximum absolute atomic E-state index is 4.29. The Morgan fingerprint density at radius 2 is 2.08 bits per heavy atom. The number of rotatable bonds is 5. The van der Waals surface area contributed by atoms with Crippen LogP contribution < -0.4 is 0 Å². The van der Waals surface area contributed by atoms with E-state index in [0.717, 1.165) is 19.8 Å². The SMILES string of the molecule is CCCCN1C=NN(CCC)C1. The molecule has 70 valence electrons. The molecule has 0 amide bonds. The third-order valence-corrected chi connectivity index (χ3v) is 2.00. The summed E-state index contributed by atoms with van der Waals surface area (Å²) in [6, 6.07) is 0. The van der Waals surface area contributed by atoms with Gasteiger partial charge in [0.1, 0.15) is 13.0 Å². The van der Waals surface area contributed by atoms with Gasteiger partial charge in [-0.3, -0.25) is 5.01 Å². The molecule has 0 saturated heterocycles. The topological polar surface area (TPSA) is 18.8 Å². The Kier molecular flexibility index (Phi) is 3.91. The monoisotopic (exact) mass is 169 g/mol. The summed E-state index contributed by atoms with van der Waals surface area (Å²) in [6.07, 6.45) is 5.67. The van der Waals surface area contributed by atoms with Crippen molar-refractivity contribution in [1.29, 1.82) is 0 Å². The second kappa shape index (κ2) is 5.01. The van der Waals surface area contributed by atoms with E-state index in [0.29, 0.717) is 0 Å². The van der Waals surface area contributed by atoms with Crippen molar-refractivity contribution in [3.63, 3.8) is 0 Å². The zero-order valence-corrected chi connectivity index (χ0v) is 8.16. The van der Waals surface area contributed by atoms with Gasteiger partial charge >= 0.3 is 0 Å². The van der Waals surface area contributed by atoms with Crippen LogP contribution >= 0.6 is 0 Å². The van der Waals surface area contributed by atoms with Crippen molar-refractivity contribution in [2.24, 2.45) is 5.10 Å². The first-order valence-corrected chi connectivity index (χ1v) is 4.90. The molecule has 3 nitrogen and oxygen atoms in total. The molecule has 0 aromatic carbocycles. The van der Waals surface area contributed by atoms with E-state index >= 15 is 0 Å². The summed E-state index contributed by atoms with van der Waals surface area (Å²) in [5.41, 5.74) is 0. The predicted molar refractivity (Wildman–Crippen MR) is 52.0 cm³/mol. The fourth-order valence-electron chi connectivity index (χ4n) is 1.30. The van der Waals surface area contributed by atoms with Crippen molar-refractivity contribution in [3.05, 3.63) is 0 Å². The third-order valence-electron chi connectivity index (χ3n) is 2.00. The van der Waals surface area contributed by atoms with E-state index in [2.05, 4.69) is 28.9 Å². The van der Waals surface area contributed by atoms with Crippen molar-refractivity contribution in [2.45, 2.75) is 33.1 Å². The highest BCUT2D eigenvalue weighted by atomic mass is 15.6. The molecule has 0 N–H and O–H groups in total. The highest BCUT2D eigenvalue weighted by Gasteiger charge is 2.10. The number of hydrogen-bond acceptors (Lipinski definition) is 3. The van der Waals surface area contributed by atoms with E-state index in [9.17, 15) is 0 Å². The molecule has 1 rings (SSSR count). The van der Waals surface area contributed by atoms with Crippen molar-refractivity contribution in [2.75, 3.05) is 19.8 Å². The average Bonchev–Trinajstić information content (AvgIpc) is 2.50. The number of nitrogens with zero attached hydrogens (tertiary/aromatic N) is 3. The largest absolute Gasteiger partial charge is 0.342 e. The lowest BCUT2D eigenvalue weighted by Crippen LogP contribution is -2.27. The zero-order valence-electron chi connectivity index (χ0n) is 8.16. The molecule has 0 spiro atoms. The Morgan fingerprint density at radius 1 is 1.25 bits per heavy atom. The minimum atomic E-state index is 0.994. The summed E-state index contributed by atoms with van der Waals surface area (Å²) >= 11 is 0. The minimum absolute atomic E-state index is 0.994. The molecule has 0 atom stereocenters. The van der Waals surface area contributed by atoms with Crippen molar-refractivity contribution in [3.8, 4) is 0 Å². The molecule has 0 saturated carbocycles. The first-order valence-electron chi connectivity index (χ1n) is 4.90. The molecule has 12 heavy (non-hydrogen) atoms. The number of hydrogen-bond donors (Lipinski definition) is 0. The number of unbranched alkanes of at least 4 members (excludes halogenated alkanes) is 1. The quantitative estimate of drug-likeness (QED) is 0.624. The highest BCUT2D eigenvalue weighted by Crippen LogP contribution is 2.03. The predicted octanol–water partition coefficient (Wildman–Crippen LogP) is 1.71. The minimum Gasteiger partial charge on any atom is -0.342 e. The lowest BCUT2D eigenvalue weighted by atomic mass is 10.3. The lowest BCUT2D eigenvalue weighted by molar-refractivity contribution is 0.234. The Labute approximate surface area is 75.0 Å². The Morgan fingerprint density at radius 3 is 2.75 bits per heavy atom. The van der Waals surface area contributed by atoms with Crippen LogP contribution in [-0.4, -0.2) is 36.0 Å². The standard InChI is InChI=1S/C9H19N3/c1-3-5-7-11-8-10-12(9-11)6-4-2/h8H,3-7,9H2,1-2H3. The Hall–Kier alpha value is -0.730. The van der Waals surface area contributed by atoms with Crippen LogP contribution in [0.4, 0.5) is 0 Å². The highest BCUT2D eigenvalue weighted by molar-refractivity contribution is 5.55. The van der Waals surface area contributed by atoms with Gasteiger partial charge in [-0.1, -0.05) is 20.3 Å². The van der Waals surface area contributed by atoms with E-state index in [1.165, 1.54) is 19.3 Å².